The Kier molecular flexibility index (Phi) is 6.19. The lowest BCUT2D eigenvalue weighted by atomic mass is 10.2. The average Bonchev–Trinajstić information content (AvgIpc) is 2.63. The number of aromatic hydroxyl groups is 2. The molecule has 0 atom stereocenters. The first-order valence-electron chi connectivity index (χ1n) is 7.49. The highest BCUT2D eigenvalue weighted by atomic mass is 16.5. The number of phenols is 2. The van der Waals surface area contributed by atoms with Crippen LogP contribution in [0.1, 0.15) is 11.1 Å². The van der Waals surface area contributed by atoms with E-state index in [2.05, 4.69) is 0 Å². The number of phenolic OH excluding ortho intramolecular Hbond substituents is 2. The monoisotopic (exact) mass is 350 g/mol. The standard InChI is InChI=1S/C18H22O7/c1-21-13-5-11(6-14(22-2)17(13)19)9-25-10-12-7-15(23-3)18(20)16(8-12)24-4/h5-8,19-20H,9-10H2,1-4H3. The Bertz CT molecular complexity index is 616. The molecule has 0 radical (unpaired) electrons. The summed E-state index contributed by atoms with van der Waals surface area (Å²) in [7, 11) is 5.87. The minimum Gasteiger partial charge on any atom is -0.502 e. The molecule has 7 nitrogen and oxygen atoms in total. The predicted molar refractivity (Wildman–Crippen MR) is 90.9 cm³/mol. The Morgan fingerprint density at radius 2 is 0.880 bits per heavy atom. The van der Waals surface area contributed by atoms with Crippen molar-refractivity contribution in [1.82, 2.24) is 0 Å². The van der Waals surface area contributed by atoms with Crippen LogP contribution >= 0.6 is 0 Å². The Morgan fingerprint density at radius 3 is 1.12 bits per heavy atom. The molecule has 0 saturated carbocycles. The molecule has 0 amide bonds. The summed E-state index contributed by atoms with van der Waals surface area (Å²) < 4.78 is 26.2. The number of hydrogen-bond donors (Lipinski definition) is 2. The molecule has 2 rings (SSSR count). The summed E-state index contributed by atoms with van der Waals surface area (Å²) in [4.78, 5) is 0. The molecule has 0 aliphatic heterocycles. The second-order valence-electron chi connectivity index (χ2n) is 5.19. The minimum atomic E-state index is -0.0539. The summed E-state index contributed by atoms with van der Waals surface area (Å²) in [5.41, 5.74) is 1.56. The molecule has 2 aromatic rings. The third-order valence-electron chi connectivity index (χ3n) is 3.62. The van der Waals surface area contributed by atoms with Crippen LogP contribution < -0.4 is 18.9 Å². The summed E-state index contributed by atoms with van der Waals surface area (Å²) in [6, 6.07) is 6.71. The number of hydrogen-bond acceptors (Lipinski definition) is 7. The van der Waals surface area contributed by atoms with Gasteiger partial charge in [-0.15, -0.1) is 0 Å². The van der Waals surface area contributed by atoms with Gasteiger partial charge in [-0.2, -0.15) is 0 Å². The molecule has 25 heavy (non-hydrogen) atoms. The molecule has 136 valence electrons. The van der Waals surface area contributed by atoms with E-state index in [1.807, 2.05) is 0 Å². The van der Waals surface area contributed by atoms with E-state index in [0.717, 1.165) is 11.1 Å². The highest BCUT2D eigenvalue weighted by molar-refractivity contribution is 5.53. The highest BCUT2D eigenvalue weighted by Gasteiger charge is 2.13. The summed E-state index contributed by atoms with van der Waals surface area (Å²) in [5.74, 6) is 1.14. The third-order valence-corrected chi connectivity index (χ3v) is 3.62. The van der Waals surface area contributed by atoms with Crippen LogP contribution in [0, 0.1) is 0 Å². The van der Waals surface area contributed by atoms with E-state index in [1.54, 1.807) is 24.3 Å². The van der Waals surface area contributed by atoms with Crippen molar-refractivity contribution in [3.63, 3.8) is 0 Å². The van der Waals surface area contributed by atoms with Gasteiger partial charge >= 0.3 is 0 Å². The maximum atomic E-state index is 9.92. The van der Waals surface area contributed by atoms with Crippen LogP contribution in [0.4, 0.5) is 0 Å². The van der Waals surface area contributed by atoms with Crippen molar-refractivity contribution >= 4 is 0 Å². The topological polar surface area (TPSA) is 86.6 Å². The number of rotatable bonds is 8. The molecule has 0 aliphatic rings. The second kappa shape index (κ2) is 8.34. The molecule has 0 bridgehead atoms. The molecule has 0 aromatic heterocycles. The molecule has 0 aliphatic carbocycles. The Hall–Kier alpha value is -2.80. The van der Waals surface area contributed by atoms with Crippen molar-refractivity contribution < 1.29 is 33.9 Å². The third kappa shape index (κ3) is 4.19. The van der Waals surface area contributed by atoms with Gasteiger partial charge in [-0.25, -0.2) is 0 Å². The summed E-state index contributed by atoms with van der Waals surface area (Å²) in [6.07, 6.45) is 0. The normalized spacial score (nSPS) is 10.4. The predicted octanol–water partition coefficient (Wildman–Crippen LogP) is 2.85. The quantitative estimate of drug-likeness (QED) is 0.757. The highest BCUT2D eigenvalue weighted by Crippen LogP contribution is 2.38. The lowest BCUT2D eigenvalue weighted by molar-refractivity contribution is 0.106. The molecule has 0 saturated heterocycles. The first-order valence-corrected chi connectivity index (χ1v) is 7.49. The van der Waals surface area contributed by atoms with Gasteiger partial charge in [0.1, 0.15) is 0 Å². The fraction of sp³-hybridized carbons (Fsp3) is 0.333. The zero-order chi connectivity index (χ0) is 18.4. The molecule has 2 aromatic carbocycles. The van der Waals surface area contributed by atoms with Crippen LogP contribution in [0.3, 0.4) is 0 Å². The Balaban J connectivity index is 2.11. The maximum Gasteiger partial charge on any atom is 0.200 e. The molecular weight excluding hydrogens is 328 g/mol. The fourth-order valence-electron chi connectivity index (χ4n) is 2.35. The van der Waals surface area contributed by atoms with Crippen LogP contribution in [0.15, 0.2) is 24.3 Å². The zero-order valence-electron chi connectivity index (χ0n) is 14.7. The first-order chi connectivity index (χ1) is 12.0. The number of benzene rings is 2. The molecule has 0 unspecified atom stereocenters. The minimum absolute atomic E-state index is 0.0539. The lowest BCUT2D eigenvalue weighted by Crippen LogP contribution is -1.98. The molecular formula is C18H22O7. The van der Waals surface area contributed by atoms with Crippen molar-refractivity contribution in [3.05, 3.63) is 35.4 Å². The summed E-state index contributed by atoms with van der Waals surface area (Å²) in [5, 5.41) is 19.8. The number of methoxy groups -OCH3 is 4. The van der Waals surface area contributed by atoms with Gasteiger partial charge in [-0.1, -0.05) is 0 Å². The number of ether oxygens (including phenoxy) is 5. The van der Waals surface area contributed by atoms with Crippen molar-refractivity contribution in [2.75, 3.05) is 28.4 Å². The lowest BCUT2D eigenvalue weighted by Gasteiger charge is -2.13. The largest absolute Gasteiger partial charge is 0.502 e. The van der Waals surface area contributed by atoms with E-state index in [4.69, 9.17) is 23.7 Å². The zero-order valence-corrected chi connectivity index (χ0v) is 14.7. The second-order valence-corrected chi connectivity index (χ2v) is 5.19. The van der Waals surface area contributed by atoms with E-state index < -0.39 is 0 Å². The smallest absolute Gasteiger partial charge is 0.200 e. The Morgan fingerprint density at radius 1 is 0.600 bits per heavy atom. The van der Waals surface area contributed by atoms with E-state index in [-0.39, 0.29) is 24.7 Å². The fourth-order valence-corrected chi connectivity index (χ4v) is 2.35. The Labute approximate surface area is 146 Å². The van der Waals surface area contributed by atoms with Crippen molar-refractivity contribution in [2.24, 2.45) is 0 Å². The van der Waals surface area contributed by atoms with Gasteiger partial charge in [0.2, 0.25) is 11.5 Å². The van der Waals surface area contributed by atoms with Crippen molar-refractivity contribution in [3.8, 4) is 34.5 Å². The summed E-state index contributed by atoms with van der Waals surface area (Å²) >= 11 is 0. The summed E-state index contributed by atoms with van der Waals surface area (Å²) in [6.45, 7) is 0.553. The van der Waals surface area contributed by atoms with E-state index in [9.17, 15) is 10.2 Å². The van der Waals surface area contributed by atoms with E-state index in [0.29, 0.717) is 23.0 Å². The molecule has 0 spiro atoms. The van der Waals surface area contributed by atoms with Crippen LogP contribution in [0.5, 0.6) is 34.5 Å². The molecule has 0 heterocycles. The van der Waals surface area contributed by atoms with E-state index >= 15 is 0 Å². The van der Waals surface area contributed by atoms with Gasteiger partial charge < -0.3 is 33.9 Å². The van der Waals surface area contributed by atoms with E-state index in [1.165, 1.54) is 28.4 Å². The molecule has 7 heteroatoms. The van der Waals surface area contributed by atoms with Gasteiger partial charge in [-0.05, 0) is 35.4 Å². The van der Waals surface area contributed by atoms with Gasteiger partial charge in [0.25, 0.3) is 0 Å². The molecule has 0 fully saturated rings. The SMILES string of the molecule is COc1cc(COCc2cc(OC)c(O)c(OC)c2)cc(OC)c1O. The van der Waals surface area contributed by atoms with Crippen LogP contribution in [0.25, 0.3) is 0 Å². The van der Waals surface area contributed by atoms with Crippen molar-refractivity contribution in [1.29, 1.82) is 0 Å². The first kappa shape index (κ1) is 18.5. The molecule has 2 N–H and O–H groups in total. The van der Waals surface area contributed by atoms with Crippen molar-refractivity contribution in [2.45, 2.75) is 13.2 Å². The maximum absolute atomic E-state index is 9.92. The van der Waals surface area contributed by atoms with Crippen LogP contribution in [-0.2, 0) is 18.0 Å². The average molecular weight is 350 g/mol. The van der Waals surface area contributed by atoms with Crippen LogP contribution in [0.2, 0.25) is 0 Å². The van der Waals surface area contributed by atoms with Gasteiger partial charge in [0.15, 0.2) is 23.0 Å². The van der Waals surface area contributed by atoms with Gasteiger partial charge in [-0.3, -0.25) is 0 Å². The van der Waals surface area contributed by atoms with Crippen LogP contribution in [-0.4, -0.2) is 38.7 Å². The van der Waals surface area contributed by atoms with Gasteiger partial charge in [0.05, 0.1) is 41.7 Å². The van der Waals surface area contributed by atoms with Gasteiger partial charge in [0, 0.05) is 0 Å².